The highest BCUT2D eigenvalue weighted by atomic mass is 16.2. The summed E-state index contributed by atoms with van der Waals surface area (Å²) in [7, 11) is 0. The van der Waals surface area contributed by atoms with Crippen LogP contribution in [0.25, 0.3) is 0 Å². The van der Waals surface area contributed by atoms with E-state index in [4.69, 9.17) is 5.73 Å². The normalized spacial score (nSPS) is 17.7. The highest BCUT2D eigenvalue weighted by Crippen LogP contribution is 2.29. The average molecular weight is 283 g/mol. The van der Waals surface area contributed by atoms with Gasteiger partial charge >= 0.3 is 0 Å². The lowest BCUT2D eigenvalue weighted by Gasteiger charge is -2.35. The molecule has 1 aliphatic heterocycles. The number of nitrogens with two attached hydrogens (primary N) is 1. The molecule has 1 amide bonds. The predicted molar refractivity (Wildman–Crippen MR) is 84.2 cm³/mol. The number of carbonyl (C=O) groups is 1. The number of hydrogen-bond acceptors (Lipinski definition) is 2. The lowest BCUT2D eigenvalue weighted by molar-refractivity contribution is 0.0643. The molecule has 0 saturated carbocycles. The Morgan fingerprint density at radius 2 is 1.95 bits per heavy atom. The van der Waals surface area contributed by atoms with Crippen LogP contribution in [0.4, 0.5) is 5.69 Å². The third-order valence-electron chi connectivity index (χ3n) is 4.30. The van der Waals surface area contributed by atoms with Crippen molar-refractivity contribution in [2.75, 3.05) is 12.3 Å². The van der Waals surface area contributed by atoms with E-state index in [0.29, 0.717) is 11.3 Å². The molecular weight excluding hydrogens is 262 g/mol. The van der Waals surface area contributed by atoms with Crippen LogP contribution in [0.2, 0.25) is 0 Å². The van der Waals surface area contributed by atoms with Crippen LogP contribution in [0.3, 0.4) is 0 Å². The molecule has 0 radical (unpaired) electrons. The second-order valence-corrected chi connectivity index (χ2v) is 5.86. The molecule has 1 atom stereocenters. The number of aryl methyl sites for hydroxylation is 2. The summed E-state index contributed by atoms with van der Waals surface area (Å²) in [4.78, 5) is 14.7. The summed E-state index contributed by atoms with van der Waals surface area (Å²) in [6.45, 7) is 7.74. The number of anilines is 1. The molecule has 1 aromatic heterocycles. The summed E-state index contributed by atoms with van der Waals surface area (Å²) < 4.78 is 2.29. The minimum absolute atomic E-state index is 0.0583. The van der Waals surface area contributed by atoms with Gasteiger partial charge < -0.3 is 15.2 Å². The molecule has 0 bridgehead atoms. The van der Waals surface area contributed by atoms with Gasteiger partial charge in [0.25, 0.3) is 5.91 Å². The molecule has 21 heavy (non-hydrogen) atoms. The first-order chi connectivity index (χ1) is 9.97. The van der Waals surface area contributed by atoms with E-state index in [-0.39, 0.29) is 11.9 Å². The van der Waals surface area contributed by atoms with E-state index >= 15 is 0 Å². The number of amides is 1. The SMILES string of the molecule is Cc1cc(N)cc(C(=O)N2CCn3c(C)ccc3C2C)c1. The quantitative estimate of drug-likeness (QED) is 0.818. The summed E-state index contributed by atoms with van der Waals surface area (Å²) in [6, 6.07) is 9.87. The number of rotatable bonds is 1. The molecule has 1 unspecified atom stereocenters. The summed E-state index contributed by atoms with van der Waals surface area (Å²) in [6.07, 6.45) is 0. The number of nitrogen functional groups attached to an aromatic ring is 1. The van der Waals surface area contributed by atoms with E-state index in [1.54, 1.807) is 6.07 Å². The second-order valence-electron chi connectivity index (χ2n) is 5.86. The fraction of sp³-hybridized carbons (Fsp3) is 0.353. The maximum atomic E-state index is 12.8. The first-order valence-corrected chi connectivity index (χ1v) is 7.31. The lowest BCUT2D eigenvalue weighted by Crippen LogP contribution is -2.41. The Hall–Kier alpha value is -2.23. The smallest absolute Gasteiger partial charge is 0.254 e. The molecule has 110 valence electrons. The Morgan fingerprint density at radius 1 is 1.19 bits per heavy atom. The largest absolute Gasteiger partial charge is 0.399 e. The van der Waals surface area contributed by atoms with Crippen molar-refractivity contribution in [2.24, 2.45) is 0 Å². The fourth-order valence-electron chi connectivity index (χ4n) is 3.20. The molecule has 4 heteroatoms. The molecule has 1 aromatic carbocycles. The standard InChI is InChI=1S/C17H21N3O/c1-11-8-14(10-15(18)9-11)17(21)20-7-6-19-12(2)4-5-16(19)13(20)3/h4-5,8-10,13H,6-7,18H2,1-3H3. The van der Waals surface area contributed by atoms with Gasteiger partial charge in [0.1, 0.15) is 0 Å². The first kappa shape index (κ1) is 13.7. The highest BCUT2D eigenvalue weighted by molar-refractivity contribution is 5.95. The Bertz CT molecular complexity index is 682. The number of carbonyl (C=O) groups excluding carboxylic acids is 1. The van der Waals surface area contributed by atoms with Gasteiger partial charge in [0.2, 0.25) is 0 Å². The van der Waals surface area contributed by atoms with Crippen molar-refractivity contribution in [1.29, 1.82) is 0 Å². The van der Waals surface area contributed by atoms with Crippen LogP contribution >= 0.6 is 0 Å². The fourth-order valence-corrected chi connectivity index (χ4v) is 3.20. The molecule has 0 aliphatic carbocycles. The van der Waals surface area contributed by atoms with Gasteiger partial charge in [-0.1, -0.05) is 0 Å². The molecule has 0 fully saturated rings. The van der Waals surface area contributed by atoms with Gasteiger partial charge in [-0.2, -0.15) is 0 Å². The van der Waals surface area contributed by atoms with Crippen molar-refractivity contribution in [3.05, 3.63) is 52.8 Å². The van der Waals surface area contributed by atoms with Gasteiger partial charge in [0.05, 0.1) is 6.04 Å². The van der Waals surface area contributed by atoms with E-state index in [2.05, 4.69) is 30.5 Å². The second kappa shape index (κ2) is 4.95. The Labute approximate surface area is 125 Å². The van der Waals surface area contributed by atoms with Gasteiger partial charge in [-0.15, -0.1) is 0 Å². The van der Waals surface area contributed by atoms with Crippen LogP contribution in [0, 0.1) is 13.8 Å². The van der Waals surface area contributed by atoms with Crippen LogP contribution < -0.4 is 5.73 Å². The van der Waals surface area contributed by atoms with Crippen LogP contribution in [0.15, 0.2) is 30.3 Å². The summed E-state index contributed by atoms with van der Waals surface area (Å²) >= 11 is 0. The zero-order valence-corrected chi connectivity index (χ0v) is 12.8. The van der Waals surface area contributed by atoms with E-state index in [1.807, 2.05) is 24.0 Å². The van der Waals surface area contributed by atoms with Gasteiger partial charge in [-0.25, -0.2) is 0 Å². The maximum Gasteiger partial charge on any atom is 0.254 e. The van der Waals surface area contributed by atoms with Gasteiger partial charge in [-0.3, -0.25) is 4.79 Å². The zero-order valence-electron chi connectivity index (χ0n) is 12.8. The molecule has 2 N–H and O–H groups in total. The monoisotopic (exact) mass is 283 g/mol. The zero-order chi connectivity index (χ0) is 15.1. The lowest BCUT2D eigenvalue weighted by atomic mass is 10.1. The topological polar surface area (TPSA) is 51.3 Å². The van der Waals surface area contributed by atoms with Gasteiger partial charge in [0.15, 0.2) is 0 Å². The number of fused-ring (bicyclic) bond motifs is 1. The van der Waals surface area contributed by atoms with Gasteiger partial charge in [0, 0.05) is 35.7 Å². The summed E-state index contributed by atoms with van der Waals surface area (Å²) in [5, 5.41) is 0. The Balaban J connectivity index is 1.92. The molecule has 2 aromatic rings. The molecular formula is C17H21N3O. The third-order valence-corrected chi connectivity index (χ3v) is 4.30. The molecule has 2 heterocycles. The minimum Gasteiger partial charge on any atom is -0.399 e. The number of aromatic nitrogens is 1. The van der Waals surface area contributed by atoms with Crippen LogP contribution in [0.1, 0.15) is 40.3 Å². The summed E-state index contributed by atoms with van der Waals surface area (Å²) in [5.74, 6) is 0.0583. The number of hydrogen-bond donors (Lipinski definition) is 1. The van der Waals surface area contributed by atoms with Crippen molar-refractivity contribution in [3.63, 3.8) is 0 Å². The van der Waals surface area contributed by atoms with E-state index in [9.17, 15) is 4.79 Å². The highest BCUT2D eigenvalue weighted by Gasteiger charge is 2.29. The summed E-state index contributed by atoms with van der Waals surface area (Å²) in [5.41, 5.74) is 10.7. The van der Waals surface area contributed by atoms with Crippen molar-refractivity contribution >= 4 is 11.6 Å². The van der Waals surface area contributed by atoms with Crippen LogP contribution in [-0.2, 0) is 6.54 Å². The van der Waals surface area contributed by atoms with E-state index < -0.39 is 0 Å². The molecule has 0 saturated heterocycles. The van der Waals surface area contributed by atoms with Crippen molar-refractivity contribution in [1.82, 2.24) is 9.47 Å². The first-order valence-electron chi connectivity index (χ1n) is 7.31. The van der Waals surface area contributed by atoms with Crippen molar-refractivity contribution < 1.29 is 4.79 Å². The van der Waals surface area contributed by atoms with Crippen molar-refractivity contribution in [2.45, 2.75) is 33.4 Å². The molecule has 4 nitrogen and oxygen atoms in total. The van der Waals surface area contributed by atoms with Crippen molar-refractivity contribution in [3.8, 4) is 0 Å². The average Bonchev–Trinajstić information content (AvgIpc) is 2.80. The van der Waals surface area contributed by atoms with Gasteiger partial charge in [-0.05, 0) is 56.7 Å². The van der Waals surface area contributed by atoms with Crippen LogP contribution in [-0.4, -0.2) is 21.9 Å². The van der Waals surface area contributed by atoms with Crippen LogP contribution in [0.5, 0.6) is 0 Å². The molecule has 0 spiro atoms. The third kappa shape index (κ3) is 2.31. The molecule has 3 rings (SSSR count). The molecule has 1 aliphatic rings. The van der Waals surface area contributed by atoms with E-state index in [1.165, 1.54) is 11.4 Å². The predicted octanol–water partition coefficient (Wildman–Crippen LogP) is 2.90. The Kier molecular flexibility index (Phi) is 3.24. The Morgan fingerprint density at radius 3 is 2.67 bits per heavy atom. The number of nitrogens with zero attached hydrogens (tertiary/aromatic N) is 2. The van der Waals surface area contributed by atoms with E-state index in [0.717, 1.165) is 18.7 Å². The minimum atomic E-state index is 0.0583. The maximum absolute atomic E-state index is 12.8. The number of benzene rings is 1.